The molecule has 0 bridgehead atoms. The summed E-state index contributed by atoms with van der Waals surface area (Å²) in [6.45, 7) is 3.33. The highest BCUT2D eigenvalue weighted by atomic mass is 16.6. The van der Waals surface area contributed by atoms with E-state index in [0.29, 0.717) is 5.60 Å². The first-order valence-corrected chi connectivity index (χ1v) is 3.26. The maximum absolute atomic E-state index is 5.30. The fourth-order valence-electron chi connectivity index (χ4n) is 1.27. The van der Waals surface area contributed by atoms with Crippen molar-refractivity contribution >= 4 is 0 Å². The van der Waals surface area contributed by atoms with Gasteiger partial charge < -0.3 is 10.1 Å². The van der Waals surface area contributed by atoms with Gasteiger partial charge in [-0.1, -0.05) is 0 Å². The molecule has 2 fully saturated rings. The molecule has 0 unspecified atom stereocenters. The topological polar surface area (TPSA) is 24.6 Å². The van der Waals surface area contributed by atoms with Gasteiger partial charge in [-0.05, 0) is 25.9 Å². The molecule has 2 saturated heterocycles. The lowest BCUT2D eigenvalue weighted by Gasteiger charge is -2.17. The average molecular weight is 113 g/mol. The van der Waals surface area contributed by atoms with E-state index in [4.69, 9.17) is 4.74 Å². The van der Waals surface area contributed by atoms with Crippen LogP contribution in [0.25, 0.3) is 0 Å². The van der Waals surface area contributed by atoms with E-state index in [2.05, 4.69) is 5.32 Å². The molecule has 8 heavy (non-hydrogen) atoms. The van der Waals surface area contributed by atoms with Crippen molar-refractivity contribution in [3.63, 3.8) is 0 Å². The van der Waals surface area contributed by atoms with Crippen LogP contribution in [0.3, 0.4) is 0 Å². The van der Waals surface area contributed by atoms with Crippen molar-refractivity contribution in [2.75, 3.05) is 19.7 Å². The van der Waals surface area contributed by atoms with Gasteiger partial charge >= 0.3 is 0 Å². The fraction of sp³-hybridized carbons (Fsp3) is 1.00. The average Bonchev–Trinajstić information content (AvgIpc) is 2.52. The van der Waals surface area contributed by atoms with Gasteiger partial charge in [0.25, 0.3) is 0 Å². The zero-order valence-electron chi connectivity index (χ0n) is 4.94. The Kier molecular flexibility index (Phi) is 0.866. The van der Waals surface area contributed by atoms with Gasteiger partial charge in [0.2, 0.25) is 0 Å². The van der Waals surface area contributed by atoms with Crippen LogP contribution in [0.5, 0.6) is 0 Å². The van der Waals surface area contributed by atoms with Crippen molar-refractivity contribution in [2.45, 2.75) is 18.4 Å². The number of epoxide rings is 1. The third-order valence-electron chi connectivity index (χ3n) is 2.07. The summed E-state index contributed by atoms with van der Waals surface area (Å²) >= 11 is 0. The molecule has 0 saturated carbocycles. The Morgan fingerprint density at radius 3 is 2.25 bits per heavy atom. The van der Waals surface area contributed by atoms with Gasteiger partial charge in [0, 0.05) is 0 Å². The zero-order chi connectivity index (χ0) is 5.45. The van der Waals surface area contributed by atoms with Gasteiger partial charge in [-0.25, -0.2) is 0 Å². The summed E-state index contributed by atoms with van der Waals surface area (Å²) in [5.41, 5.74) is 0.366. The Balaban J connectivity index is 1.95. The molecule has 2 aliphatic heterocycles. The minimum absolute atomic E-state index is 0.366. The third kappa shape index (κ3) is 0.644. The lowest BCUT2D eigenvalue weighted by atomic mass is 10.00. The van der Waals surface area contributed by atoms with Crippen molar-refractivity contribution in [3.05, 3.63) is 0 Å². The normalized spacial score (nSPS) is 33.0. The maximum atomic E-state index is 5.30. The highest BCUT2D eigenvalue weighted by molar-refractivity contribution is 4.95. The number of piperidine rings is 1. The second-order valence-electron chi connectivity index (χ2n) is 2.72. The predicted octanol–water partition coefficient (Wildman–Crippen LogP) is 0.139. The van der Waals surface area contributed by atoms with Crippen LogP contribution >= 0.6 is 0 Å². The highest BCUT2D eigenvalue weighted by Gasteiger charge is 2.44. The minimum Gasteiger partial charge on any atom is -0.369 e. The van der Waals surface area contributed by atoms with Gasteiger partial charge in [-0.2, -0.15) is 0 Å². The molecule has 2 aliphatic rings. The summed E-state index contributed by atoms with van der Waals surface area (Å²) in [7, 11) is 0. The lowest BCUT2D eigenvalue weighted by Crippen LogP contribution is -2.32. The second kappa shape index (κ2) is 1.45. The Bertz CT molecular complexity index is 90.7. The molecular weight excluding hydrogens is 102 g/mol. The van der Waals surface area contributed by atoms with Gasteiger partial charge in [0.1, 0.15) is 0 Å². The molecule has 1 spiro atoms. The Morgan fingerprint density at radius 2 is 1.88 bits per heavy atom. The predicted molar refractivity (Wildman–Crippen MR) is 30.8 cm³/mol. The smallest absolute Gasteiger partial charge is 0.0940 e. The summed E-state index contributed by atoms with van der Waals surface area (Å²) in [5, 5.41) is 3.30. The van der Waals surface area contributed by atoms with Crippen LogP contribution < -0.4 is 5.32 Å². The third-order valence-corrected chi connectivity index (χ3v) is 2.07. The molecular formula is C6H11NO. The summed E-state index contributed by atoms with van der Waals surface area (Å²) in [5.74, 6) is 0. The summed E-state index contributed by atoms with van der Waals surface area (Å²) in [4.78, 5) is 0. The van der Waals surface area contributed by atoms with E-state index < -0.39 is 0 Å². The van der Waals surface area contributed by atoms with Crippen molar-refractivity contribution in [1.29, 1.82) is 0 Å². The molecule has 2 nitrogen and oxygen atoms in total. The van der Waals surface area contributed by atoms with E-state index in [1.165, 1.54) is 12.8 Å². The Labute approximate surface area is 49.2 Å². The first-order valence-electron chi connectivity index (χ1n) is 3.26. The number of hydrogen-bond donors (Lipinski definition) is 1. The van der Waals surface area contributed by atoms with E-state index in [-0.39, 0.29) is 0 Å². The summed E-state index contributed by atoms with van der Waals surface area (Å²) in [6.07, 6.45) is 2.46. The monoisotopic (exact) mass is 113 g/mol. The van der Waals surface area contributed by atoms with E-state index in [9.17, 15) is 0 Å². The van der Waals surface area contributed by atoms with Crippen molar-refractivity contribution in [1.82, 2.24) is 5.32 Å². The van der Waals surface area contributed by atoms with Crippen molar-refractivity contribution < 1.29 is 4.74 Å². The van der Waals surface area contributed by atoms with Gasteiger partial charge in [-0.15, -0.1) is 0 Å². The van der Waals surface area contributed by atoms with Crippen molar-refractivity contribution in [3.8, 4) is 0 Å². The van der Waals surface area contributed by atoms with Crippen LogP contribution in [0, 0.1) is 0 Å². The first-order chi connectivity index (χ1) is 3.91. The van der Waals surface area contributed by atoms with Crippen LogP contribution in [0.2, 0.25) is 0 Å². The minimum atomic E-state index is 0.366. The largest absolute Gasteiger partial charge is 0.369 e. The number of hydrogen-bond acceptors (Lipinski definition) is 2. The van der Waals surface area contributed by atoms with Crippen LogP contribution in [0.4, 0.5) is 0 Å². The Morgan fingerprint density at radius 1 is 1.25 bits per heavy atom. The molecule has 0 aromatic rings. The van der Waals surface area contributed by atoms with Crippen LogP contribution in [0.1, 0.15) is 12.8 Å². The standard InChI is InChI=1S/C6H11NO/c1-3-7-4-2-6(1)5-8-6/h7H,1-5H2. The molecule has 0 amide bonds. The second-order valence-corrected chi connectivity index (χ2v) is 2.72. The molecule has 46 valence electrons. The zero-order valence-corrected chi connectivity index (χ0v) is 4.94. The SMILES string of the molecule is C1CC2(CCN1)CO2. The lowest BCUT2D eigenvalue weighted by molar-refractivity contribution is 0.246. The fourth-order valence-corrected chi connectivity index (χ4v) is 1.27. The van der Waals surface area contributed by atoms with Crippen LogP contribution in [-0.4, -0.2) is 25.3 Å². The van der Waals surface area contributed by atoms with Crippen LogP contribution in [0.15, 0.2) is 0 Å². The molecule has 0 radical (unpaired) electrons. The van der Waals surface area contributed by atoms with Crippen LogP contribution in [-0.2, 0) is 4.74 Å². The van der Waals surface area contributed by atoms with Gasteiger partial charge in [0.15, 0.2) is 0 Å². The highest BCUT2D eigenvalue weighted by Crippen LogP contribution is 2.35. The van der Waals surface area contributed by atoms with E-state index in [0.717, 1.165) is 19.7 Å². The molecule has 0 aliphatic carbocycles. The number of nitrogens with one attached hydrogen (secondary N) is 1. The molecule has 2 heterocycles. The van der Waals surface area contributed by atoms with Gasteiger partial charge in [0.05, 0.1) is 12.2 Å². The van der Waals surface area contributed by atoms with Gasteiger partial charge in [-0.3, -0.25) is 0 Å². The molecule has 0 aromatic carbocycles. The molecule has 2 heteroatoms. The van der Waals surface area contributed by atoms with E-state index >= 15 is 0 Å². The number of ether oxygens (including phenoxy) is 1. The quantitative estimate of drug-likeness (QED) is 0.452. The summed E-state index contributed by atoms with van der Waals surface area (Å²) in [6, 6.07) is 0. The van der Waals surface area contributed by atoms with Crippen molar-refractivity contribution in [2.24, 2.45) is 0 Å². The molecule has 1 N–H and O–H groups in total. The number of rotatable bonds is 0. The first kappa shape index (κ1) is 4.77. The van der Waals surface area contributed by atoms with E-state index in [1.807, 2.05) is 0 Å². The molecule has 0 atom stereocenters. The van der Waals surface area contributed by atoms with E-state index in [1.54, 1.807) is 0 Å². The molecule has 0 aromatic heterocycles. The maximum Gasteiger partial charge on any atom is 0.0940 e. The molecule has 2 rings (SSSR count). The summed E-state index contributed by atoms with van der Waals surface area (Å²) < 4.78 is 5.30. The Hall–Kier alpha value is -0.0800.